The van der Waals surface area contributed by atoms with E-state index < -0.39 is 17.8 Å². The topological polar surface area (TPSA) is 62.3 Å². The van der Waals surface area contributed by atoms with Gasteiger partial charge in [-0.15, -0.1) is 0 Å². The number of anilines is 1. The molecule has 1 fully saturated rings. The lowest BCUT2D eigenvalue weighted by Gasteiger charge is -2.16. The molecule has 1 N–H and O–H groups in total. The van der Waals surface area contributed by atoms with E-state index in [0.717, 1.165) is 24.1 Å². The van der Waals surface area contributed by atoms with Gasteiger partial charge in [0, 0.05) is 25.2 Å². The Morgan fingerprint density at radius 2 is 2.04 bits per heavy atom. The van der Waals surface area contributed by atoms with E-state index in [2.05, 4.69) is 10.3 Å². The fourth-order valence-corrected chi connectivity index (χ4v) is 3.00. The molecule has 1 aliphatic heterocycles. The Morgan fingerprint density at radius 1 is 1.26 bits per heavy atom. The highest BCUT2D eigenvalue weighted by molar-refractivity contribution is 6.05. The number of amides is 2. The van der Waals surface area contributed by atoms with Crippen LogP contribution in [-0.4, -0.2) is 28.2 Å². The van der Waals surface area contributed by atoms with Crippen molar-refractivity contribution in [2.45, 2.75) is 32.5 Å². The van der Waals surface area contributed by atoms with Crippen LogP contribution in [0.5, 0.6) is 0 Å². The summed E-state index contributed by atoms with van der Waals surface area (Å²) >= 11 is 0. The van der Waals surface area contributed by atoms with Gasteiger partial charge in [-0.2, -0.15) is 13.2 Å². The summed E-state index contributed by atoms with van der Waals surface area (Å²) in [5.41, 5.74) is 0.409. The number of hydrogen-bond donors (Lipinski definition) is 1. The second-order valence-electron chi connectivity index (χ2n) is 6.40. The Morgan fingerprint density at radius 3 is 2.67 bits per heavy atom. The van der Waals surface area contributed by atoms with Crippen LogP contribution in [0.2, 0.25) is 0 Å². The summed E-state index contributed by atoms with van der Waals surface area (Å²) < 4.78 is 38.1. The molecule has 1 saturated heterocycles. The SMILES string of the molecule is Cc1nc(C(F)(F)F)ccc1C(=O)Nc1cccc(CN2CCCC2=O)c1. The first kappa shape index (κ1) is 18.9. The molecule has 3 rings (SSSR count). The number of pyridine rings is 1. The number of aromatic nitrogens is 1. The average Bonchev–Trinajstić information content (AvgIpc) is 2.99. The monoisotopic (exact) mass is 377 g/mol. The van der Waals surface area contributed by atoms with Gasteiger partial charge in [-0.25, -0.2) is 4.98 Å². The number of nitrogens with one attached hydrogen (secondary N) is 1. The standard InChI is InChI=1S/C19H18F3N3O2/c1-12-15(7-8-16(23-12)19(20,21)22)18(27)24-14-5-2-4-13(10-14)11-25-9-3-6-17(25)26/h2,4-5,7-8,10H,3,6,9,11H2,1H3,(H,24,27). The van der Waals surface area contributed by atoms with E-state index in [0.29, 0.717) is 25.2 Å². The summed E-state index contributed by atoms with van der Waals surface area (Å²) in [4.78, 5) is 29.4. The van der Waals surface area contributed by atoms with Gasteiger partial charge in [-0.3, -0.25) is 9.59 Å². The van der Waals surface area contributed by atoms with Crippen molar-refractivity contribution in [3.8, 4) is 0 Å². The Bertz CT molecular complexity index is 881. The summed E-state index contributed by atoms with van der Waals surface area (Å²) in [6, 6.07) is 8.94. The minimum Gasteiger partial charge on any atom is -0.338 e. The molecule has 0 saturated carbocycles. The van der Waals surface area contributed by atoms with Crippen LogP contribution in [0.25, 0.3) is 0 Å². The first-order chi connectivity index (χ1) is 12.7. The molecule has 0 aliphatic carbocycles. The van der Waals surface area contributed by atoms with Crippen molar-refractivity contribution < 1.29 is 22.8 Å². The van der Waals surface area contributed by atoms with Crippen molar-refractivity contribution in [1.29, 1.82) is 0 Å². The molecular weight excluding hydrogens is 359 g/mol. The summed E-state index contributed by atoms with van der Waals surface area (Å²) in [7, 11) is 0. The van der Waals surface area contributed by atoms with Crippen LogP contribution in [0, 0.1) is 6.92 Å². The summed E-state index contributed by atoms with van der Waals surface area (Å²) in [5.74, 6) is -0.431. The molecule has 1 aliphatic rings. The molecule has 0 atom stereocenters. The van der Waals surface area contributed by atoms with Crippen molar-refractivity contribution >= 4 is 17.5 Å². The molecular formula is C19H18F3N3O2. The van der Waals surface area contributed by atoms with Gasteiger partial charge in [0.2, 0.25) is 5.91 Å². The zero-order valence-electron chi connectivity index (χ0n) is 14.6. The minimum atomic E-state index is -4.55. The number of carbonyl (C=O) groups excluding carboxylic acids is 2. The third-order valence-corrected chi connectivity index (χ3v) is 4.35. The van der Waals surface area contributed by atoms with Gasteiger partial charge in [0.05, 0.1) is 11.3 Å². The molecule has 2 heterocycles. The second-order valence-corrected chi connectivity index (χ2v) is 6.40. The number of halogens is 3. The van der Waals surface area contributed by atoms with E-state index in [1.165, 1.54) is 6.92 Å². The number of carbonyl (C=O) groups is 2. The number of hydrogen-bond acceptors (Lipinski definition) is 3. The highest BCUT2D eigenvalue weighted by atomic mass is 19.4. The van der Waals surface area contributed by atoms with Crippen LogP contribution in [-0.2, 0) is 17.5 Å². The van der Waals surface area contributed by atoms with Crippen LogP contribution in [0.4, 0.5) is 18.9 Å². The van der Waals surface area contributed by atoms with Gasteiger partial charge in [0.1, 0.15) is 5.69 Å². The normalized spacial score (nSPS) is 14.5. The Balaban J connectivity index is 1.72. The van der Waals surface area contributed by atoms with Crippen LogP contribution in [0.15, 0.2) is 36.4 Å². The predicted molar refractivity (Wildman–Crippen MR) is 93.0 cm³/mol. The van der Waals surface area contributed by atoms with E-state index in [-0.39, 0.29) is 17.2 Å². The molecule has 1 aromatic heterocycles. The lowest BCUT2D eigenvalue weighted by atomic mass is 10.1. The van der Waals surface area contributed by atoms with E-state index in [1.54, 1.807) is 23.1 Å². The average molecular weight is 377 g/mol. The van der Waals surface area contributed by atoms with E-state index in [1.807, 2.05) is 6.07 Å². The van der Waals surface area contributed by atoms with Crippen molar-refractivity contribution in [2.75, 3.05) is 11.9 Å². The molecule has 2 aromatic rings. The molecule has 0 unspecified atom stereocenters. The maximum atomic E-state index is 12.7. The van der Waals surface area contributed by atoms with Crippen LogP contribution in [0.1, 0.15) is 40.2 Å². The largest absolute Gasteiger partial charge is 0.433 e. The number of aryl methyl sites for hydroxylation is 1. The van der Waals surface area contributed by atoms with Gasteiger partial charge >= 0.3 is 6.18 Å². The number of alkyl halides is 3. The zero-order valence-corrected chi connectivity index (χ0v) is 14.6. The molecule has 27 heavy (non-hydrogen) atoms. The first-order valence-corrected chi connectivity index (χ1v) is 8.47. The molecule has 142 valence electrons. The van der Waals surface area contributed by atoms with Crippen molar-refractivity contribution in [1.82, 2.24) is 9.88 Å². The highest BCUT2D eigenvalue weighted by Gasteiger charge is 2.33. The molecule has 1 aromatic carbocycles. The van der Waals surface area contributed by atoms with Crippen molar-refractivity contribution in [3.63, 3.8) is 0 Å². The first-order valence-electron chi connectivity index (χ1n) is 8.47. The van der Waals surface area contributed by atoms with E-state index in [4.69, 9.17) is 0 Å². The third kappa shape index (κ3) is 4.45. The number of rotatable bonds is 4. The quantitative estimate of drug-likeness (QED) is 0.882. The smallest absolute Gasteiger partial charge is 0.338 e. The number of likely N-dealkylation sites (tertiary alicyclic amines) is 1. The molecule has 0 spiro atoms. The minimum absolute atomic E-state index is 0.00106. The zero-order chi connectivity index (χ0) is 19.6. The van der Waals surface area contributed by atoms with Crippen molar-refractivity contribution in [3.05, 3.63) is 58.9 Å². The van der Waals surface area contributed by atoms with Gasteiger partial charge < -0.3 is 10.2 Å². The maximum absolute atomic E-state index is 12.7. The second kappa shape index (κ2) is 7.38. The highest BCUT2D eigenvalue weighted by Crippen LogP contribution is 2.28. The van der Waals surface area contributed by atoms with Gasteiger partial charge in [0.15, 0.2) is 0 Å². The van der Waals surface area contributed by atoms with Crippen LogP contribution >= 0.6 is 0 Å². The van der Waals surface area contributed by atoms with E-state index >= 15 is 0 Å². The molecule has 2 amide bonds. The fourth-order valence-electron chi connectivity index (χ4n) is 3.00. The van der Waals surface area contributed by atoms with Gasteiger partial charge in [-0.05, 0) is 43.2 Å². The van der Waals surface area contributed by atoms with E-state index in [9.17, 15) is 22.8 Å². The lowest BCUT2D eigenvalue weighted by Crippen LogP contribution is -2.23. The van der Waals surface area contributed by atoms with Gasteiger partial charge in [0.25, 0.3) is 5.91 Å². The summed E-state index contributed by atoms with van der Waals surface area (Å²) in [5, 5.41) is 2.67. The molecule has 0 bridgehead atoms. The number of benzene rings is 1. The molecule has 0 radical (unpaired) electrons. The van der Waals surface area contributed by atoms with Crippen LogP contribution in [0.3, 0.4) is 0 Å². The Labute approximate surface area is 154 Å². The Hall–Kier alpha value is -2.90. The molecule has 5 nitrogen and oxygen atoms in total. The van der Waals surface area contributed by atoms with Gasteiger partial charge in [-0.1, -0.05) is 12.1 Å². The summed E-state index contributed by atoms with van der Waals surface area (Å²) in [6.07, 6.45) is -3.16. The van der Waals surface area contributed by atoms with Crippen molar-refractivity contribution in [2.24, 2.45) is 0 Å². The summed E-state index contributed by atoms with van der Waals surface area (Å²) in [6.45, 7) is 2.54. The fraction of sp³-hybridized carbons (Fsp3) is 0.316. The lowest BCUT2D eigenvalue weighted by molar-refractivity contribution is -0.141. The predicted octanol–water partition coefficient (Wildman–Crippen LogP) is 3.78. The third-order valence-electron chi connectivity index (χ3n) is 4.35. The number of nitrogens with zero attached hydrogens (tertiary/aromatic N) is 2. The Kier molecular flexibility index (Phi) is 5.16. The maximum Gasteiger partial charge on any atom is 0.433 e. The van der Waals surface area contributed by atoms with Crippen LogP contribution < -0.4 is 5.32 Å². The molecule has 8 heteroatoms.